The van der Waals surface area contributed by atoms with Gasteiger partial charge in [-0.25, -0.2) is 4.99 Å². The minimum Gasteiger partial charge on any atom is -0.329 e. The maximum absolute atomic E-state index is 13.5. The molecule has 1 amide bonds. The van der Waals surface area contributed by atoms with Gasteiger partial charge in [-0.3, -0.25) is 4.79 Å². The van der Waals surface area contributed by atoms with Crippen LogP contribution in [0.25, 0.3) is 0 Å². The second-order valence-electron chi connectivity index (χ2n) is 9.39. The fourth-order valence-electron chi connectivity index (χ4n) is 6.60. The molecule has 0 radical (unpaired) electrons. The Bertz CT molecular complexity index is 933. The summed E-state index contributed by atoms with van der Waals surface area (Å²) in [4.78, 5) is 25.2. The molecule has 2 heterocycles. The molecule has 4 bridgehead atoms. The van der Waals surface area contributed by atoms with Crippen LogP contribution in [0.4, 0.5) is 0 Å². The summed E-state index contributed by atoms with van der Waals surface area (Å²) >= 11 is 0. The lowest BCUT2D eigenvalue weighted by Crippen LogP contribution is -2.49. The van der Waals surface area contributed by atoms with Gasteiger partial charge in [0.1, 0.15) is 5.84 Å². The first-order valence-electron chi connectivity index (χ1n) is 10.6. The normalized spacial score (nSPS) is 36.1. The summed E-state index contributed by atoms with van der Waals surface area (Å²) in [5, 5.41) is 0. The van der Waals surface area contributed by atoms with Crippen LogP contribution in [0.1, 0.15) is 49.7 Å². The molecular weight excluding hydrogens is 346 g/mol. The number of hydrogen-bond donors (Lipinski definition) is 0. The molecule has 28 heavy (non-hydrogen) atoms. The molecule has 0 spiro atoms. The molecule has 0 N–H and O–H groups in total. The molecule has 4 saturated carbocycles. The Balaban J connectivity index is 1.42. The lowest BCUT2D eigenvalue weighted by molar-refractivity contribution is -0.142. The number of allylic oxidation sites excluding steroid dienone is 2. The predicted molar refractivity (Wildman–Crippen MR) is 110 cm³/mol. The summed E-state index contributed by atoms with van der Waals surface area (Å²) in [5.41, 5.74) is 1.94. The van der Waals surface area contributed by atoms with E-state index in [4.69, 9.17) is 9.98 Å². The molecule has 4 fully saturated rings. The average Bonchev–Trinajstić information content (AvgIpc) is 2.83. The number of hydrogen-bond acceptors (Lipinski definition) is 2. The zero-order chi connectivity index (χ0) is 18.7. The van der Waals surface area contributed by atoms with Crippen LogP contribution >= 0.6 is 0 Å². The van der Waals surface area contributed by atoms with E-state index in [2.05, 4.69) is 17.0 Å². The Morgan fingerprint density at radius 1 is 1.04 bits per heavy atom. The summed E-state index contributed by atoms with van der Waals surface area (Å²) in [6.07, 6.45) is 15.2. The lowest BCUT2D eigenvalue weighted by atomic mass is 9.49. The van der Waals surface area contributed by atoms with E-state index in [1.807, 2.05) is 36.6 Å². The zero-order valence-corrected chi connectivity index (χ0v) is 16.1. The third kappa shape index (κ3) is 2.54. The average molecular weight is 371 g/mol. The predicted octanol–water partition coefficient (Wildman–Crippen LogP) is 4.47. The van der Waals surface area contributed by atoms with Gasteiger partial charge < -0.3 is 4.90 Å². The molecule has 7 rings (SSSR count). The quantitative estimate of drug-likeness (QED) is 0.731. The van der Waals surface area contributed by atoms with Crippen molar-refractivity contribution in [1.82, 2.24) is 4.90 Å². The summed E-state index contributed by atoms with van der Waals surface area (Å²) in [6, 6.07) is 8.23. The van der Waals surface area contributed by atoms with Crippen LogP contribution in [-0.2, 0) is 11.3 Å². The highest BCUT2D eigenvalue weighted by atomic mass is 16.1. The van der Waals surface area contributed by atoms with E-state index in [-0.39, 0.29) is 11.3 Å². The van der Waals surface area contributed by atoms with Gasteiger partial charge in [0.25, 0.3) is 5.91 Å². The van der Waals surface area contributed by atoms with Gasteiger partial charge >= 0.3 is 0 Å². The summed E-state index contributed by atoms with van der Waals surface area (Å²) in [6.45, 7) is 0.750. The number of benzene rings is 1. The maximum atomic E-state index is 13.5. The monoisotopic (exact) mass is 371 g/mol. The number of amidine groups is 2. The molecule has 0 atom stereocenters. The van der Waals surface area contributed by atoms with E-state index in [0.29, 0.717) is 5.84 Å². The van der Waals surface area contributed by atoms with Gasteiger partial charge in [-0.1, -0.05) is 30.3 Å². The molecule has 4 nitrogen and oxygen atoms in total. The Kier molecular flexibility index (Phi) is 3.53. The van der Waals surface area contributed by atoms with Crippen molar-refractivity contribution in [3.63, 3.8) is 0 Å². The summed E-state index contributed by atoms with van der Waals surface area (Å²) in [5.74, 6) is 3.76. The second-order valence-corrected chi connectivity index (χ2v) is 9.39. The van der Waals surface area contributed by atoms with Gasteiger partial charge in [-0.15, -0.1) is 0 Å². The summed E-state index contributed by atoms with van der Waals surface area (Å²) in [7, 11) is 0. The highest BCUT2D eigenvalue weighted by Gasteiger charge is 2.54. The minimum absolute atomic E-state index is 0.0875. The van der Waals surface area contributed by atoms with E-state index in [0.717, 1.165) is 55.0 Å². The first-order chi connectivity index (χ1) is 13.7. The fraction of sp³-hybridized carbons (Fsp3) is 0.458. The first kappa shape index (κ1) is 16.5. The SMILES string of the molecule is O=C(N=C1N=C2C=CC=CN2Cc2ccccc21)C12CC3CC(CC(C3)C1)C2. The molecule has 4 aliphatic carbocycles. The topological polar surface area (TPSA) is 45.0 Å². The third-order valence-electron chi connectivity index (χ3n) is 7.44. The van der Waals surface area contributed by atoms with Gasteiger partial charge in [0.05, 0.1) is 5.41 Å². The second kappa shape index (κ2) is 6.00. The third-order valence-corrected chi connectivity index (χ3v) is 7.44. The number of nitrogens with zero attached hydrogens (tertiary/aromatic N) is 3. The molecule has 142 valence electrons. The molecule has 1 aromatic carbocycles. The van der Waals surface area contributed by atoms with Crippen LogP contribution < -0.4 is 0 Å². The van der Waals surface area contributed by atoms with Gasteiger partial charge in [0.2, 0.25) is 0 Å². The number of amides is 1. The van der Waals surface area contributed by atoms with E-state index < -0.39 is 0 Å². The Morgan fingerprint density at radius 2 is 1.75 bits per heavy atom. The first-order valence-corrected chi connectivity index (χ1v) is 10.6. The van der Waals surface area contributed by atoms with Crippen LogP contribution in [0.3, 0.4) is 0 Å². The molecule has 1 aromatic rings. The molecule has 0 aromatic heterocycles. The Morgan fingerprint density at radius 3 is 2.50 bits per heavy atom. The Labute approximate surface area is 165 Å². The van der Waals surface area contributed by atoms with Gasteiger partial charge in [-0.2, -0.15) is 4.99 Å². The number of rotatable bonds is 1. The van der Waals surface area contributed by atoms with Crippen LogP contribution in [0, 0.1) is 23.2 Å². The van der Waals surface area contributed by atoms with E-state index >= 15 is 0 Å². The van der Waals surface area contributed by atoms with Crippen molar-refractivity contribution < 1.29 is 4.79 Å². The van der Waals surface area contributed by atoms with E-state index in [9.17, 15) is 4.79 Å². The minimum atomic E-state index is -0.217. The number of aliphatic imine (C=N–C) groups is 2. The molecule has 4 heteroatoms. The van der Waals surface area contributed by atoms with Crippen molar-refractivity contribution in [3.8, 4) is 0 Å². The zero-order valence-electron chi connectivity index (χ0n) is 16.1. The Hall–Kier alpha value is -2.49. The highest BCUT2D eigenvalue weighted by molar-refractivity contribution is 6.14. The largest absolute Gasteiger partial charge is 0.329 e. The number of carbonyl (C=O) groups is 1. The number of fused-ring (bicyclic) bond motifs is 2. The van der Waals surface area contributed by atoms with Gasteiger partial charge in [0.15, 0.2) is 5.84 Å². The van der Waals surface area contributed by atoms with E-state index in [1.54, 1.807) is 0 Å². The van der Waals surface area contributed by atoms with Crippen molar-refractivity contribution in [3.05, 3.63) is 59.8 Å². The van der Waals surface area contributed by atoms with Crippen molar-refractivity contribution in [2.45, 2.75) is 45.1 Å². The van der Waals surface area contributed by atoms with Crippen molar-refractivity contribution in [2.75, 3.05) is 0 Å². The highest BCUT2D eigenvalue weighted by Crippen LogP contribution is 2.60. The molecular formula is C24H25N3O. The van der Waals surface area contributed by atoms with Crippen molar-refractivity contribution in [2.24, 2.45) is 33.2 Å². The molecule has 0 saturated heterocycles. The van der Waals surface area contributed by atoms with E-state index in [1.165, 1.54) is 24.8 Å². The van der Waals surface area contributed by atoms with Crippen LogP contribution in [-0.4, -0.2) is 22.5 Å². The lowest BCUT2D eigenvalue weighted by Gasteiger charge is -2.55. The summed E-state index contributed by atoms with van der Waals surface area (Å²) < 4.78 is 0. The smallest absolute Gasteiger partial charge is 0.253 e. The van der Waals surface area contributed by atoms with Crippen LogP contribution in [0.2, 0.25) is 0 Å². The van der Waals surface area contributed by atoms with Crippen LogP contribution in [0.5, 0.6) is 0 Å². The molecule has 2 aliphatic heterocycles. The molecule has 6 aliphatic rings. The maximum Gasteiger partial charge on any atom is 0.253 e. The van der Waals surface area contributed by atoms with Crippen molar-refractivity contribution in [1.29, 1.82) is 0 Å². The van der Waals surface area contributed by atoms with Crippen LogP contribution in [0.15, 0.2) is 58.7 Å². The number of carbonyl (C=O) groups excluding carboxylic acids is 1. The van der Waals surface area contributed by atoms with Gasteiger partial charge in [0, 0.05) is 18.3 Å². The fourth-order valence-corrected chi connectivity index (χ4v) is 6.60. The molecule has 0 unspecified atom stereocenters. The van der Waals surface area contributed by atoms with Gasteiger partial charge in [-0.05, 0) is 74.0 Å². The standard InChI is InChI=1S/C24H25N3O/c28-23(24-12-16-9-17(13-24)11-18(10-16)14-24)26-22-20-6-2-1-5-19(20)15-27-8-4-3-7-21(27)25-22/h1-8,16-18H,9-15H2. The van der Waals surface area contributed by atoms with Crippen molar-refractivity contribution >= 4 is 17.6 Å².